The molecule has 1 fully saturated rings. The van der Waals surface area contributed by atoms with Gasteiger partial charge < -0.3 is 15.2 Å². The van der Waals surface area contributed by atoms with Crippen molar-refractivity contribution in [3.8, 4) is 0 Å². The van der Waals surface area contributed by atoms with Crippen LogP contribution in [-0.4, -0.2) is 57.8 Å². The molecule has 0 saturated carbocycles. The second kappa shape index (κ2) is 10.2. The molecule has 1 aromatic heterocycles. The van der Waals surface area contributed by atoms with Crippen LogP contribution in [0.4, 0.5) is 0 Å². The van der Waals surface area contributed by atoms with Crippen molar-refractivity contribution in [3.63, 3.8) is 0 Å². The Kier molecular flexibility index (Phi) is 7.42. The Hall–Kier alpha value is -2.41. The highest BCUT2D eigenvalue weighted by molar-refractivity contribution is 5.79. The van der Waals surface area contributed by atoms with Crippen LogP contribution >= 0.6 is 0 Å². The predicted molar refractivity (Wildman–Crippen MR) is 113 cm³/mol. The van der Waals surface area contributed by atoms with Crippen molar-refractivity contribution in [2.45, 2.75) is 58.3 Å². The Morgan fingerprint density at radius 2 is 2.11 bits per heavy atom. The van der Waals surface area contributed by atoms with Crippen LogP contribution in [0.3, 0.4) is 0 Å². The minimum Gasteiger partial charge on any atom is -0.355 e. The molecule has 2 aromatic rings. The number of guanidine groups is 1. The third-order valence-corrected chi connectivity index (χ3v) is 5.46. The van der Waals surface area contributed by atoms with E-state index in [4.69, 9.17) is 0 Å². The number of aryl methyl sites for hydroxylation is 1. The maximum absolute atomic E-state index is 4.40. The van der Waals surface area contributed by atoms with Gasteiger partial charge in [-0.05, 0) is 25.3 Å². The molecule has 0 spiro atoms. The van der Waals surface area contributed by atoms with E-state index in [9.17, 15) is 0 Å². The normalized spacial score (nSPS) is 20.9. The number of rotatable bonds is 7. The summed E-state index contributed by atoms with van der Waals surface area (Å²) < 4.78 is 2.09. The van der Waals surface area contributed by atoms with E-state index in [0.717, 1.165) is 57.2 Å². The van der Waals surface area contributed by atoms with Crippen LogP contribution in [0.25, 0.3) is 0 Å². The van der Waals surface area contributed by atoms with Crippen LogP contribution in [0.1, 0.15) is 38.1 Å². The van der Waals surface area contributed by atoms with Gasteiger partial charge in [-0.25, -0.2) is 0 Å². The van der Waals surface area contributed by atoms with Crippen LogP contribution in [0.5, 0.6) is 0 Å². The molecule has 1 aliphatic rings. The largest absolute Gasteiger partial charge is 0.355 e. The number of nitrogens with one attached hydrogen (secondary N) is 2. The Morgan fingerprint density at radius 3 is 2.82 bits per heavy atom. The molecule has 2 heterocycles. The summed E-state index contributed by atoms with van der Waals surface area (Å²) in [6.07, 6.45) is 4.94. The molecule has 1 aromatic carbocycles. The first-order chi connectivity index (χ1) is 13.7. The van der Waals surface area contributed by atoms with E-state index in [0.29, 0.717) is 12.1 Å². The highest BCUT2D eigenvalue weighted by atomic mass is 15.3. The molecule has 3 rings (SSSR count). The number of aromatic nitrogens is 3. The molecule has 1 aliphatic heterocycles. The second-order valence-electron chi connectivity index (χ2n) is 7.46. The van der Waals surface area contributed by atoms with Gasteiger partial charge >= 0.3 is 0 Å². The summed E-state index contributed by atoms with van der Waals surface area (Å²) in [7, 11) is 1.83. The van der Waals surface area contributed by atoms with Crippen molar-refractivity contribution >= 4 is 5.96 Å². The van der Waals surface area contributed by atoms with Crippen molar-refractivity contribution in [1.82, 2.24) is 30.3 Å². The molecule has 2 N–H and O–H groups in total. The predicted octanol–water partition coefficient (Wildman–Crippen LogP) is 2.06. The van der Waals surface area contributed by atoms with E-state index < -0.39 is 0 Å². The van der Waals surface area contributed by atoms with Crippen molar-refractivity contribution in [3.05, 3.63) is 48.0 Å². The average molecular weight is 384 g/mol. The van der Waals surface area contributed by atoms with Gasteiger partial charge in [0.1, 0.15) is 12.2 Å². The summed E-state index contributed by atoms with van der Waals surface area (Å²) in [5.41, 5.74) is 1.39. The number of aliphatic imine (C=N–C) groups is 1. The van der Waals surface area contributed by atoms with Crippen molar-refractivity contribution < 1.29 is 0 Å². The summed E-state index contributed by atoms with van der Waals surface area (Å²) in [5, 5.41) is 15.1. The quantitative estimate of drug-likeness (QED) is 0.566. The van der Waals surface area contributed by atoms with Crippen molar-refractivity contribution in [2.24, 2.45) is 4.99 Å². The van der Waals surface area contributed by atoms with Gasteiger partial charge in [0.25, 0.3) is 0 Å². The van der Waals surface area contributed by atoms with E-state index in [1.54, 1.807) is 6.33 Å². The minimum absolute atomic E-state index is 0.453. The fourth-order valence-electron chi connectivity index (χ4n) is 3.83. The van der Waals surface area contributed by atoms with Gasteiger partial charge in [0, 0.05) is 51.7 Å². The number of nitrogens with zero attached hydrogens (tertiary/aromatic N) is 5. The first kappa shape index (κ1) is 20.3. The number of benzene rings is 1. The first-order valence-corrected chi connectivity index (χ1v) is 10.3. The zero-order valence-electron chi connectivity index (χ0n) is 17.3. The van der Waals surface area contributed by atoms with Crippen molar-refractivity contribution in [2.75, 3.05) is 20.1 Å². The van der Waals surface area contributed by atoms with Crippen LogP contribution in [0.15, 0.2) is 41.7 Å². The Balaban J connectivity index is 1.43. The smallest absolute Gasteiger partial charge is 0.191 e. The summed E-state index contributed by atoms with van der Waals surface area (Å²) >= 11 is 0. The number of hydrogen-bond acceptors (Lipinski definition) is 4. The lowest BCUT2D eigenvalue weighted by Crippen LogP contribution is -2.51. The minimum atomic E-state index is 0.453. The molecule has 2 unspecified atom stereocenters. The lowest BCUT2D eigenvalue weighted by molar-refractivity contribution is 0.134. The van der Waals surface area contributed by atoms with Gasteiger partial charge in [0.2, 0.25) is 0 Å². The summed E-state index contributed by atoms with van der Waals surface area (Å²) in [4.78, 5) is 6.97. The van der Waals surface area contributed by atoms with E-state index in [-0.39, 0.29) is 0 Å². The Morgan fingerprint density at radius 1 is 1.29 bits per heavy atom. The molecule has 7 heteroatoms. The van der Waals surface area contributed by atoms with Gasteiger partial charge in [-0.2, -0.15) is 0 Å². The molecular weight excluding hydrogens is 350 g/mol. The Bertz CT molecular complexity index is 740. The fraction of sp³-hybridized carbons (Fsp3) is 0.571. The SMILES string of the molecule is CCc1nncn1CCNC(=NC)NC1CCN(Cc2ccccc2)C(C)C1. The monoisotopic (exact) mass is 383 g/mol. The van der Waals surface area contributed by atoms with Gasteiger partial charge in [-0.15, -0.1) is 10.2 Å². The molecule has 1 saturated heterocycles. The first-order valence-electron chi connectivity index (χ1n) is 10.3. The van der Waals surface area contributed by atoms with Crippen LogP contribution < -0.4 is 10.6 Å². The van der Waals surface area contributed by atoms with Gasteiger partial charge in [0.05, 0.1) is 0 Å². The third kappa shape index (κ3) is 5.55. The lowest BCUT2D eigenvalue weighted by Gasteiger charge is -2.38. The third-order valence-electron chi connectivity index (χ3n) is 5.46. The van der Waals surface area contributed by atoms with E-state index in [2.05, 4.69) is 79.5 Å². The molecule has 152 valence electrons. The van der Waals surface area contributed by atoms with E-state index >= 15 is 0 Å². The van der Waals surface area contributed by atoms with Crippen LogP contribution in [0.2, 0.25) is 0 Å². The molecule has 7 nitrogen and oxygen atoms in total. The Labute approximate surface area is 168 Å². The number of likely N-dealkylation sites (tertiary alicyclic amines) is 1. The molecule has 0 aliphatic carbocycles. The fourth-order valence-corrected chi connectivity index (χ4v) is 3.83. The van der Waals surface area contributed by atoms with Crippen LogP contribution in [0, 0.1) is 0 Å². The number of piperidine rings is 1. The molecule has 28 heavy (non-hydrogen) atoms. The molecular formula is C21H33N7. The zero-order chi connectivity index (χ0) is 19.8. The highest BCUT2D eigenvalue weighted by Crippen LogP contribution is 2.19. The van der Waals surface area contributed by atoms with Gasteiger partial charge in [-0.3, -0.25) is 9.89 Å². The number of hydrogen-bond donors (Lipinski definition) is 2. The zero-order valence-corrected chi connectivity index (χ0v) is 17.3. The molecule has 2 atom stereocenters. The maximum atomic E-state index is 4.40. The highest BCUT2D eigenvalue weighted by Gasteiger charge is 2.25. The average Bonchev–Trinajstić information content (AvgIpc) is 3.17. The summed E-state index contributed by atoms with van der Waals surface area (Å²) in [6, 6.07) is 11.7. The standard InChI is InChI=1S/C21H33N7/c1-4-20-26-24-16-28(20)13-11-23-21(22-3)25-19-10-12-27(17(2)14-19)15-18-8-6-5-7-9-18/h5-9,16-17,19H,4,10-15H2,1-3H3,(H2,22,23,25). The second-order valence-corrected chi connectivity index (χ2v) is 7.46. The molecule has 0 bridgehead atoms. The molecule has 0 radical (unpaired) electrons. The van der Waals surface area contributed by atoms with E-state index in [1.165, 1.54) is 5.56 Å². The van der Waals surface area contributed by atoms with Gasteiger partial charge in [-0.1, -0.05) is 37.3 Å². The molecule has 0 amide bonds. The maximum Gasteiger partial charge on any atom is 0.191 e. The summed E-state index contributed by atoms with van der Waals surface area (Å²) in [5.74, 6) is 1.89. The van der Waals surface area contributed by atoms with Crippen molar-refractivity contribution in [1.29, 1.82) is 0 Å². The van der Waals surface area contributed by atoms with Crippen LogP contribution in [-0.2, 0) is 19.5 Å². The lowest BCUT2D eigenvalue weighted by atomic mass is 9.97. The van der Waals surface area contributed by atoms with Gasteiger partial charge in [0.15, 0.2) is 5.96 Å². The van der Waals surface area contributed by atoms with E-state index in [1.807, 2.05) is 7.05 Å². The summed E-state index contributed by atoms with van der Waals surface area (Å²) in [6.45, 7) is 8.19. The topological polar surface area (TPSA) is 70.4 Å².